The first-order chi connectivity index (χ1) is 12.8. The van der Waals surface area contributed by atoms with E-state index < -0.39 is 22.3 Å². The fraction of sp³-hybridized carbons (Fsp3) is 0.111. The van der Waals surface area contributed by atoms with Crippen LogP contribution in [0.4, 0.5) is 11.4 Å². The summed E-state index contributed by atoms with van der Waals surface area (Å²) in [5.41, 5.74) is 0.434. The van der Waals surface area contributed by atoms with Crippen LogP contribution in [0.3, 0.4) is 0 Å². The Balaban J connectivity index is 2.40. The van der Waals surface area contributed by atoms with Crippen molar-refractivity contribution in [2.45, 2.75) is 6.92 Å². The summed E-state index contributed by atoms with van der Waals surface area (Å²) in [7, 11) is 1.23. The molecule has 1 amide bonds. The number of methoxy groups -OCH3 is 1. The number of amides is 1. The van der Waals surface area contributed by atoms with Crippen LogP contribution in [0.15, 0.2) is 35.9 Å². The van der Waals surface area contributed by atoms with Gasteiger partial charge in [-0.15, -0.1) is 0 Å². The number of nitrogens with one attached hydrogen (secondary N) is 1. The van der Waals surface area contributed by atoms with Crippen molar-refractivity contribution in [3.8, 4) is 17.6 Å². The molecule has 0 radical (unpaired) electrons. The molecule has 9 heteroatoms. The number of ether oxygens (including phenoxy) is 1. The van der Waals surface area contributed by atoms with Crippen LogP contribution in [-0.2, 0) is 4.79 Å². The molecule has 8 nitrogen and oxygen atoms in total. The van der Waals surface area contributed by atoms with Crippen molar-refractivity contribution in [2.24, 2.45) is 0 Å². The monoisotopic (exact) mass is 387 g/mol. The number of rotatable bonds is 5. The summed E-state index contributed by atoms with van der Waals surface area (Å²) < 4.78 is 4.90. The summed E-state index contributed by atoms with van der Waals surface area (Å²) in [4.78, 5) is 22.6. The molecule has 0 aliphatic carbocycles. The lowest BCUT2D eigenvalue weighted by molar-refractivity contribution is -0.386. The summed E-state index contributed by atoms with van der Waals surface area (Å²) in [5.74, 6) is -1.49. The number of carbonyl (C=O) groups excluding carboxylic acids is 1. The van der Waals surface area contributed by atoms with E-state index in [2.05, 4.69) is 5.32 Å². The number of hydrogen-bond acceptors (Lipinski definition) is 6. The van der Waals surface area contributed by atoms with Gasteiger partial charge in [-0.1, -0.05) is 11.6 Å². The van der Waals surface area contributed by atoms with Crippen molar-refractivity contribution in [3.05, 3.63) is 62.2 Å². The van der Waals surface area contributed by atoms with Gasteiger partial charge in [0.2, 0.25) is 5.75 Å². The number of phenolic OH excluding ortho intramolecular Hbond substituents is 1. The van der Waals surface area contributed by atoms with E-state index in [-0.39, 0.29) is 16.9 Å². The van der Waals surface area contributed by atoms with E-state index in [1.54, 1.807) is 31.2 Å². The fourth-order valence-electron chi connectivity index (χ4n) is 2.26. The molecular formula is C18H14ClN3O5. The minimum Gasteiger partial charge on any atom is -0.500 e. The standard InChI is InChI=1S/C18H14ClN3O5/c1-10-5-13(19)3-4-14(10)21-18(24)12(9-20)6-11-7-15(22(25)26)17(23)16(8-11)27-2/h3-8,23H,1-2H3,(H,21,24)/b12-6+. The van der Waals surface area contributed by atoms with Gasteiger partial charge in [-0.3, -0.25) is 14.9 Å². The number of anilines is 1. The zero-order valence-electron chi connectivity index (χ0n) is 14.3. The van der Waals surface area contributed by atoms with Crippen LogP contribution in [0.5, 0.6) is 11.5 Å². The number of halogens is 1. The second kappa shape index (κ2) is 8.21. The molecule has 0 fully saturated rings. The fourth-order valence-corrected chi connectivity index (χ4v) is 2.49. The maximum absolute atomic E-state index is 12.4. The molecule has 2 N–H and O–H groups in total. The van der Waals surface area contributed by atoms with Gasteiger partial charge in [0.05, 0.1) is 12.0 Å². The SMILES string of the molecule is COc1cc(/C=C(\C#N)C(=O)Nc2ccc(Cl)cc2C)cc([N+](=O)[O-])c1O. The maximum Gasteiger partial charge on any atom is 0.315 e. The number of benzene rings is 2. The molecule has 138 valence electrons. The van der Waals surface area contributed by atoms with Gasteiger partial charge >= 0.3 is 5.69 Å². The van der Waals surface area contributed by atoms with Crippen molar-refractivity contribution in [3.63, 3.8) is 0 Å². The number of nitrogens with zero attached hydrogens (tertiary/aromatic N) is 2. The van der Waals surface area contributed by atoms with Gasteiger partial charge in [-0.25, -0.2) is 0 Å². The number of aromatic hydroxyl groups is 1. The van der Waals surface area contributed by atoms with Gasteiger partial charge in [0.1, 0.15) is 11.6 Å². The number of nitriles is 1. The number of hydrogen-bond donors (Lipinski definition) is 2. The molecular weight excluding hydrogens is 374 g/mol. The zero-order chi connectivity index (χ0) is 20.1. The molecule has 0 bridgehead atoms. The van der Waals surface area contributed by atoms with Crippen LogP contribution < -0.4 is 10.1 Å². The van der Waals surface area contributed by atoms with Crippen LogP contribution in [0.2, 0.25) is 5.02 Å². The average molecular weight is 388 g/mol. The van der Waals surface area contributed by atoms with Crippen LogP contribution in [0, 0.1) is 28.4 Å². The number of phenols is 1. The molecule has 0 spiro atoms. The molecule has 0 aliphatic heterocycles. The topological polar surface area (TPSA) is 125 Å². The molecule has 0 atom stereocenters. The second-order valence-corrected chi connectivity index (χ2v) is 5.87. The largest absolute Gasteiger partial charge is 0.500 e. The molecule has 2 aromatic rings. The van der Waals surface area contributed by atoms with Crippen LogP contribution in [-0.4, -0.2) is 23.0 Å². The smallest absolute Gasteiger partial charge is 0.315 e. The Hall–Kier alpha value is -3.57. The summed E-state index contributed by atoms with van der Waals surface area (Å²) >= 11 is 5.87. The quantitative estimate of drug-likeness (QED) is 0.347. The van der Waals surface area contributed by atoms with Gasteiger partial charge in [0.15, 0.2) is 5.75 Å². The maximum atomic E-state index is 12.4. The Labute approximate surface area is 159 Å². The highest BCUT2D eigenvalue weighted by Gasteiger charge is 2.20. The average Bonchev–Trinajstić information content (AvgIpc) is 2.62. The molecule has 0 heterocycles. The van der Waals surface area contributed by atoms with E-state index in [0.717, 1.165) is 12.1 Å². The van der Waals surface area contributed by atoms with Crippen LogP contribution in [0.1, 0.15) is 11.1 Å². The van der Waals surface area contributed by atoms with E-state index >= 15 is 0 Å². The Morgan fingerprint density at radius 1 is 1.41 bits per heavy atom. The second-order valence-electron chi connectivity index (χ2n) is 5.43. The third kappa shape index (κ3) is 4.54. The first-order valence-corrected chi connectivity index (χ1v) is 7.89. The minimum atomic E-state index is -0.793. The van der Waals surface area contributed by atoms with Crippen molar-refractivity contribution in [1.82, 2.24) is 0 Å². The number of nitro groups is 1. The molecule has 0 saturated carbocycles. The van der Waals surface area contributed by atoms with Gasteiger partial charge < -0.3 is 15.2 Å². The third-order valence-corrected chi connectivity index (χ3v) is 3.84. The predicted molar refractivity (Wildman–Crippen MR) is 99.7 cm³/mol. The van der Waals surface area contributed by atoms with E-state index in [9.17, 15) is 25.3 Å². The lowest BCUT2D eigenvalue weighted by Gasteiger charge is -2.09. The van der Waals surface area contributed by atoms with Crippen molar-refractivity contribution in [1.29, 1.82) is 5.26 Å². The highest BCUT2D eigenvalue weighted by Crippen LogP contribution is 2.37. The Kier molecular flexibility index (Phi) is 6.00. The molecule has 2 rings (SSSR count). The van der Waals surface area contributed by atoms with Gasteiger partial charge in [0.25, 0.3) is 5.91 Å². The molecule has 27 heavy (non-hydrogen) atoms. The summed E-state index contributed by atoms with van der Waals surface area (Å²) in [5, 5.41) is 33.2. The first-order valence-electron chi connectivity index (χ1n) is 7.51. The highest BCUT2D eigenvalue weighted by atomic mass is 35.5. The Bertz CT molecular complexity index is 995. The molecule has 0 aromatic heterocycles. The third-order valence-electron chi connectivity index (χ3n) is 3.61. The number of carbonyl (C=O) groups is 1. The molecule has 0 saturated heterocycles. The lowest BCUT2D eigenvalue weighted by Crippen LogP contribution is -2.14. The Morgan fingerprint density at radius 3 is 2.67 bits per heavy atom. The molecule has 0 aliphatic rings. The summed E-state index contributed by atoms with van der Waals surface area (Å²) in [6.07, 6.45) is 1.16. The van der Waals surface area contributed by atoms with Gasteiger partial charge in [0, 0.05) is 16.8 Å². The highest BCUT2D eigenvalue weighted by molar-refractivity contribution is 6.30. The predicted octanol–water partition coefficient (Wildman–Crippen LogP) is 3.82. The van der Waals surface area contributed by atoms with Gasteiger partial charge in [-0.2, -0.15) is 5.26 Å². The first kappa shape index (κ1) is 19.8. The normalized spacial score (nSPS) is 10.8. The van der Waals surface area contributed by atoms with E-state index in [4.69, 9.17) is 16.3 Å². The molecule has 2 aromatic carbocycles. The minimum absolute atomic E-state index is 0.149. The van der Waals surface area contributed by atoms with E-state index in [1.807, 2.05) is 0 Å². The van der Waals surface area contributed by atoms with Gasteiger partial charge in [-0.05, 0) is 48.4 Å². The number of nitro benzene ring substituents is 1. The van der Waals surface area contributed by atoms with E-state index in [0.29, 0.717) is 16.3 Å². The molecule has 0 unspecified atom stereocenters. The zero-order valence-corrected chi connectivity index (χ0v) is 15.1. The van der Waals surface area contributed by atoms with E-state index in [1.165, 1.54) is 13.2 Å². The Morgan fingerprint density at radius 2 is 2.11 bits per heavy atom. The van der Waals surface area contributed by atoms with Crippen LogP contribution in [0.25, 0.3) is 6.08 Å². The van der Waals surface area contributed by atoms with Crippen molar-refractivity contribution >= 4 is 35.0 Å². The summed E-state index contributed by atoms with van der Waals surface area (Å²) in [6, 6.07) is 8.91. The number of aryl methyl sites for hydroxylation is 1. The van der Waals surface area contributed by atoms with Crippen LogP contribution >= 0.6 is 11.6 Å². The lowest BCUT2D eigenvalue weighted by atomic mass is 10.1. The summed E-state index contributed by atoms with van der Waals surface area (Å²) in [6.45, 7) is 1.74. The van der Waals surface area contributed by atoms with Crippen molar-refractivity contribution < 1.29 is 19.6 Å². The van der Waals surface area contributed by atoms with Crippen molar-refractivity contribution in [2.75, 3.05) is 12.4 Å².